The van der Waals surface area contributed by atoms with Crippen molar-refractivity contribution in [3.63, 3.8) is 0 Å². The first-order valence-electron chi connectivity index (χ1n) is 7.74. The average Bonchev–Trinajstić information content (AvgIpc) is 3.09. The largest absolute Gasteiger partial charge is 0.493 e. The van der Waals surface area contributed by atoms with Crippen molar-refractivity contribution in [2.75, 3.05) is 27.1 Å². The minimum Gasteiger partial charge on any atom is -0.493 e. The van der Waals surface area contributed by atoms with E-state index in [-0.39, 0.29) is 17.2 Å². The van der Waals surface area contributed by atoms with Crippen LogP contribution in [-0.4, -0.2) is 49.0 Å². The number of thioether (sulfide) groups is 1. The third-order valence-electron chi connectivity index (χ3n) is 3.28. The number of nitrogens with zero attached hydrogens (tertiary/aromatic N) is 2. The number of rotatable bonds is 8. The first kappa shape index (κ1) is 20.4. The van der Waals surface area contributed by atoms with Gasteiger partial charge in [-0.15, -0.1) is 11.8 Å². The van der Waals surface area contributed by atoms with E-state index in [4.69, 9.17) is 18.7 Å². The minimum atomic E-state index is -0.526. The molecule has 0 aliphatic heterocycles. The smallest absolute Gasteiger partial charge is 0.269 e. The van der Waals surface area contributed by atoms with Gasteiger partial charge >= 0.3 is 0 Å². The van der Waals surface area contributed by atoms with Crippen molar-refractivity contribution in [2.45, 2.75) is 12.7 Å². The molecule has 2 N–H and O–H groups in total. The van der Waals surface area contributed by atoms with E-state index in [0.29, 0.717) is 34.7 Å². The number of nitrogens with one attached hydrogen (secondary N) is 2. The molecule has 1 aromatic carbocycles. The van der Waals surface area contributed by atoms with Gasteiger partial charge in [-0.3, -0.25) is 20.4 Å². The number of benzene rings is 1. The minimum absolute atomic E-state index is 0.114. The van der Waals surface area contributed by atoms with Crippen LogP contribution in [0.5, 0.6) is 17.2 Å². The van der Waals surface area contributed by atoms with Gasteiger partial charge in [0.2, 0.25) is 17.5 Å². The lowest BCUT2D eigenvalue weighted by atomic mass is 10.1. The van der Waals surface area contributed by atoms with Gasteiger partial charge in [-0.05, 0) is 12.1 Å². The van der Waals surface area contributed by atoms with Crippen LogP contribution in [0.1, 0.15) is 22.1 Å². The van der Waals surface area contributed by atoms with E-state index in [9.17, 15) is 9.59 Å². The fraction of sp³-hybridized carbons (Fsp3) is 0.375. The molecule has 10 nitrogen and oxygen atoms in total. The summed E-state index contributed by atoms with van der Waals surface area (Å²) in [5, 5.41) is 3.73. The number of hydrogen-bond acceptors (Lipinski definition) is 9. The molecule has 0 bridgehead atoms. The average molecular weight is 396 g/mol. The van der Waals surface area contributed by atoms with Crippen LogP contribution >= 0.6 is 11.8 Å². The molecule has 11 heteroatoms. The molecule has 0 fully saturated rings. The number of hydrogen-bond donors (Lipinski definition) is 2. The Bertz CT molecular complexity index is 785. The van der Waals surface area contributed by atoms with Gasteiger partial charge in [0.1, 0.15) is 0 Å². The van der Waals surface area contributed by atoms with E-state index in [1.165, 1.54) is 45.2 Å². The Morgan fingerprint density at radius 2 is 1.78 bits per heavy atom. The summed E-state index contributed by atoms with van der Waals surface area (Å²) in [6, 6.07) is 2.96. The Morgan fingerprint density at radius 1 is 1.11 bits per heavy atom. The fourth-order valence-corrected chi connectivity index (χ4v) is 2.74. The summed E-state index contributed by atoms with van der Waals surface area (Å²) in [7, 11) is 4.36. The Labute approximate surface area is 159 Å². The van der Waals surface area contributed by atoms with Crippen LogP contribution < -0.4 is 25.1 Å². The molecule has 0 radical (unpaired) electrons. The van der Waals surface area contributed by atoms with Crippen LogP contribution in [0, 0.1) is 6.92 Å². The fourth-order valence-electron chi connectivity index (χ4n) is 2.08. The highest BCUT2D eigenvalue weighted by Crippen LogP contribution is 2.38. The zero-order valence-corrected chi connectivity index (χ0v) is 16.1. The molecule has 27 heavy (non-hydrogen) atoms. The quantitative estimate of drug-likeness (QED) is 0.631. The molecular weight excluding hydrogens is 376 g/mol. The van der Waals surface area contributed by atoms with E-state index in [1.807, 2.05) is 0 Å². The van der Waals surface area contributed by atoms with Crippen LogP contribution in [0.3, 0.4) is 0 Å². The number of methoxy groups -OCH3 is 3. The van der Waals surface area contributed by atoms with Crippen molar-refractivity contribution in [1.82, 2.24) is 21.0 Å². The number of hydrazine groups is 1. The third-order valence-corrected chi connectivity index (χ3v) is 4.20. The Morgan fingerprint density at radius 3 is 2.30 bits per heavy atom. The lowest BCUT2D eigenvalue weighted by Crippen LogP contribution is -2.42. The molecule has 0 saturated carbocycles. The molecule has 2 amide bonds. The normalized spacial score (nSPS) is 10.2. The molecule has 1 aromatic heterocycles. The second-order valence-corrected chi connectivity index (χ2v) is 6.12. The molecule has 0 aliphatic carbocycles. The number of aromatic nitrogens is 2. The summed E-state index contributed by atoms with van der Waals surface area (Å²) in [5.41, 5.74) is 4.91. The number of ether oxygens (including phenoxy) is 3. The highest BCUT2D eigenvalue weighted by molar-refractivity contribution is 7.99. The molecule has 0 unspecified atom stereocenters. The van der Waals surface area contributed by atoms with E-state index in [2.05, 4.69) is 21.0 Å². The molecule has 0 aliphatic rings. The van der Waals surface area contributed by atoms with E-state index in [0.717, 1.165) is 0 Å². The van der Waals surface area contributed by atoms with Crippen molar-refractivity contribution in [3.8, 4) is 17.2 Å². The summed E-state index contributed by atoms with van der Waals surface area (Å²) in [6.45, 7) is 1.69. The molecular formula is C16H20N4O6S. The van der Waals surface area contributed by atoms with Gasteiger partial charge in [0, 0.05) is 12.5 Å². The summed E-state index contributed by atoms with van der Waals surface area (Å²) in [4.78, 5) is 28.1. The van der Waals surface area contributed by atoms with Crippen LogP contribution in [0.4, 0.5) is 0 Å². The van der Waals surface area contributed by atoms with Gasteiger partial charge in [0.25, 0.3) is 5.91 Å². The molecule has 2 aromatic rings. The first-order valence-corrected chi connectivity index (χ1v) is 8.90. The first-order chi connectivity index (χ1) is 13.0. The molecule has 2 rings (SSSR count). The third kappa shape index (κ3) is 5.51. The van der Waals surface area contributed by atoms with Gasteiger partial charge in [-0.2, -0.15) is 4.98 Å². The molecule has 0 atom stereocenters. The highest BCUT2D eigenvalue weighted by Gasteiger charge is 2.17. The van der Waals surface area contributed by atoms with Gasteiger partial charge in [0.05, 0.1) is 32.8 Å². The standard InChI is InChI=1S/C16H20N4O6S/c1-9-17-13(20-26-9)7-27-8-14(21)18-19-16(22)10-5-11(23-2)15(25-4)12(6-10)24-3/h5-6H,7-8H2,1-4H3,(H,18,21)(H,19,22). The summed E-state index contributed by atoms with van der Waals surface area (Å²) >= 11 is 1.29. The second kappa shape index (κ2) is 9.67. The zero-order valence-electron chi connectivity index (χ0n) is 15.3. The molecule has 146 valence electrons. The van der Waals surface area contributed by atoms with Crippen LogP contribution in [0.2, 0.25) is 0 Å². The number of carbonyl (C=O) groups is 2. The number of amides is 2. The van der Waals surface area contributed by atoms with Gasteiger partial charge in [-0.25, -0.2) is 0 Å². The van der Waals surface area contributed by atoms with Crippen LogP contribution in [-0.2, 0) is 10.5 Å². The van der Waals surface area contributed by atoms with Gasteiger partial charge < -0.3 is 18.7 Å². The Balaban J connectivity index is 1.88. The summed E-state index contributed by atoms with van der Waals surface area (Å²) in [5.74, 6) is 1.64. The molecule has 1 heterocycles. The number of aryl methyl sites for hydroxylation is 1. The summed E-state index contributed by atoms with van der Waals surface area (Å²) in [6.07, 6.45) is 0. The van der Waals surface area contributed by atoms with Crippen molar-refractivity contribution in [3.05, 3.63) is 29.4 Å². The maximum absolute atomic E-state index is 12.3. The van der Waals surface area contributed by atoms with Crippen molar-refractivity contribution in [1.29, 1.82) is 0 Å². The maximum atomic E-state index is 12.3. The Hall–Kier alpha value is -2.95. The molecule has 0 saturated heterocycles. The van der Waals surface area contributed by atoms with E-state index < -0.39 is 5.91 Å². The number of carbonyl (C=O) groups excluding carboxylic acids is 2. The maximum Gasteiger partial charge on any atom is 0.269 e. The Kier molecular flexibility index (Phi) is 7.29. The highest BCUT2D eigenvalue weighted by atomic mass is 32.2. The lowest BCUT2D eigenvalue weighted by molar-refractivity contribution is -0.119. The van der Waals surface area contributed by atoms with Crippen molar-refractivity contribution >= 4 is 23.6 Å². The van der Waals surface area contributed by atoms with Gasteiger partial charge in [0.15, 0.2) is 17.3 Å². The summed E-state index contributed by atoms with van der Waals surface area (Å²) < 4.78 is 20.4. The van der Waals surface area contributed by atoms with Crippen molar-refractivity contribution < 1.29 is 28.3 Å². The molecule has 0 spiro atoms. The van der Waals surface area contributed by atoms with E-state index in [1.54, 1.807) is 6.92 Å². The van der Waals surface area contributed by atoms with E-state index >= 15 is 0 Å². The van der Waals surface area contributed by atoms with Crippen LogP contribution in [0.25, 0.3) is 0 Å². The topological polar surface area (TPSA) is 125 Å². The second-order valence-electron chi connectivity index (χ2n) is 5.14. The predicted molar refractivity (Wildman–Crippen MR) is 96.9 cm³/mol. The monoisotopic (exact) mass is 396 g/mol. The zero-order chi connectivity index (χ0) is 19.8. The van der Waals surface area contributed by atoms with Gasteiger partial charge in [-0.1, -0.05) is 5.16 Å². The lowest BCUT2D eigenvalue weighted by Gasteiger charge is -2.14. The predicted octanol–water partition coefficient (Wildman–Crippen LogP) is 1.10. The van der Waals surface area contributed by atoms with Crippen LogP contribution in [0.15, 0.2) is 16.7 Å². The SMILES string of the molecule is COc1cc(C(=O)NNC(=O)CSCc2noc(C)n2)cc(OC)c1OC. The van der Waals surface area contributed by atoms with Crippen molar-refractivity contribution in [2.24, 2.45) is 0 Å².